The molecule has 1 aliphatic heterocycles. The van der Waals surface area contributed by atoms with Crippen LogP contribution < -0.4 is 10.6 Å². The fourth-order valence-corrected chi connectivity index (χ4v) is 1.47. The van der Waals surface area contributed by atoms with Crippen molar-refractivity contribution in [2.45, 2.75) is 38.8 Å². The van der Waals surface area contributed by atoms with Gasteiger partial charge < -0.3 is 15.7 Å². The Labute approximate surface area is 93.4 Å². The number of nitrogens with one attached hydrogen (secondary N) is 2. The molecule has 0 aromatic heterocycles. The van der Waals surface area contributed by atoms with Gasteiger partial charge in [0.2, 0.25) is 11.8 Å². The van der Waals surface area contributed by atoms with Gasteiger partial charge in [0.25, 0.3) is 0 Å². The average Bonchev–Trinajstić information content (AvgIpc) is 2.63. The van der Waals surface area contributed by atoms with E-state index in [1.54, 1.807) is 6.92 Å². The van der Waals surface area contributed by atoms with Crippen LogP contribution in [0.4, 0.5) is 0 Å². The third-order valence-electron chi connectivity index (χ3n) is 2.82. The number of hydrogen-bond acceptors (Lipinski definition) is 3. The van der Waals surface area contributed by atoms with Crippen LogP contribution in [0.25, 0.3) is 0 Å². The Hall–Kier alpha value is -1.59. The molecule has 1 fully saturated rings. The molecule has 1 saturated heterocycles. The lowest BCUT2D eigenvalue weighted by molar-refractivity contribution is -0.142. The fourth-order valence-electron chi connectivity index (χ4n) is 1.47. The molecule has 3 N–H and O–H groups in total. The molecule has 0 aromatic carbocycles. The topological polar surface area (TPSA) is 95.5 Å². The normalized spacial score (nSPS) is 23.4. The van der Waals surface area contributed by atoms with Crippen LogP contribution in [0.2, 0.25) is 0 Å². The number of rotatable bonds is 4. The molecule has 0 radical (unpaired) electrons. The van der Waals surface area contributed by atoms with Gasteiger partial charge in [0.05, 0.1) is 5.92 Å². The Morgan fingerprint density at radius 3 is 2.56 bits per heavy atom. The molecule has 0 spiro atoms. The highest BCUT2D eigenvalue weighted by atomic mass is 16.4. The standard InChI is InChI=1S/C10H16N2O4/c1-5(10(15)16)6(2)11-9(14)7-3-4-8(13)12-7/h5-7H,3-4H2,1-2H3,(H,11,14)(H,12,13)(H,15,16)/t5?,6?,7-/m0/s1. The Kier molecular flexibility index (Phi) is 3.87. The molecule has 3 atom stereocenters. The summed E-state index contributed by atoms with van der Waals surface area (Å²) >= 11 is 0. The zero-order chi connectivity index (χ0) is 12.3. The molecule has 0 saturated carbocycles. The van der Waals surface area contributed by atoms with Crippen molar-refractivity contribution in [3.05, 3.63) is 0 Å². The van der Waals surface area contributed by atoms with Crippen LogP contribution in [0.5, 0.6) is 0 Å². The van der Waals surface area contributed by atoms with Gasteiger partial charge in [0, 0.05) is 12.5 Å². The molecule has 90 valence electrons. The Morgan fingerprint density at radius 2 is 2.12 bits per heavy atom. The van der Waals surface area contributed by atoms with E-state index in [0.717, 1.165) is 0 Å². The lowest BCUT2D eigenvalue weighted by atomic mass is 10.0. The van der Waals surface area contributed by atoms with Crippen molar-refractivity contribution in [3.8, 4) is 0 Å². The highest BCUT2D eigenvalue weighted by molar-refractivity contribution is 5.91. The first-order valence-electron chi connectivity index (χ1n) is 5.24. The molecular formula is C10H16N2O4. The first-order valence-corrected chi connectivity index (χ1v) is 5.24. The molecule has 1 aliphatic rings. The third kappa shape index (κ3) is 2.95. The molecule has 1 rings (SSSR count). The summed E-state index contributed by atoms with van der Waals surface area (Å²) < 4.78 is 0. The van der Waals surface area contributed by atoms with E-state index in [1.807, 2.05) is 0 Å². The van der Waals surface area contributed by atoms with Crippen LogP contribution in [-0.2, 0) is 14.4 Å². The number of carbonyl (C=O) groups is 3. The Bertz CT molecular complexity index is 316. The van der Waals surface area contributed by atoms with Crippen LogP contribution in [0.15, 0.2) is 0 Å². The van der Waals surface area contributed by atoms with E-state index >= 15 is 0 Å². The molecule has 1 heterocycles. The SMILES string of the molecule is CC(NC(=O)[C@@H]1CCC(=O)N1)C(C)C(=O)O. The van der Waals surface area contributed by atoms with Crippen molar-refractivity contribution < 1.29 is 19.5 Å². The maximum Gasteiger partial charge on any atom is 0.308 e. The minimum Gasteiger partial charge on any atom is -0.481 e. The van der Waals surface area contributed by atoms with Crippen molar-refractivity contribution in [2.75, 3.05) is 0 Å². The predicted octanol–water partition coefficient (Wildman–Crippen LogP) is -0.510. The Morgan fingerprint density at radius 1 is 1.50 bits per heavy atom. The number of carboxylic acids is 1. The van der Waals surface area contributed by atoms with Gasteiger partial charge in [-0.05, 0) is 20.3 Å². The zero-order valence-electron chi connectivity index (χ0n) is 9.32. The van der Waals surface area contributed by atoms with Gasteiger partial charge in [-0.1, -0.05) is 0 Å². The highest BCUT2D eigenvalue weighted by Crippen LogP contribution is 2.08. The molecule has 2 amide bonds. The lowest BCUT2D eigenvalue weighted by Gasteiger charge is -2.20. The summed E-state index contributed by atoms with van der Waals surface area (Å²) in [7, 11) is 0. The quantitative estimate of drug-likeness (QED) is 0.604. The van der Waals surface area contributed by atoms with E-state index < -0.39 is 24.0 Å². The average molecular weight is 228 g/mol. The first-order chi connectivity index (χ1) is 7.41. The molecule has 6 heteroatoms. The molecule has 16 heavy (non-hydrogen) atoms. The summed E-state index contributed by atoms with van der Waals surface area (Å²) in [6.07, 6.45) is 0.819. The lowest BCUT2D eigenvalue weighted by Crippen LogP contribution is -2.48. The van der Waals surface area contributed by atoms with Crippen LogP contribution in [0.1, 0.15) is 26.7 Å². The summed E-state index contributed by atoms with van der Waals surface area (Å²) in [6.45, 7) is 3.16. The minimum absolute atomic E-state index is 0.140. The van der Waals surface area contributed by atoms with Gasteiger partial charge in [0.1, 0.15) is 6.04 Å². The predicted molar refractivity (Wildman–Crippen MR) is 55.6 cm³/mol. The molecule has 0 bridgehead atoms. The van der Waals surface area contributed by atoms with Gasteiger partial charge >= 0.3 is 5.97 Å². The summed E-state index contributed by atoms with van der Waals surface area (Å²) in [5, 5.41) is 13.9. The van der Waals surface area contributed by atoms with Crippen LogP contribution in [-0.4, -0.2) is 35.0 Å². The van der Waals surface area contributed by atoms with Crippen LogP contribution in [0, 0.1) is 5.92 Å². The van der Waals surface area contributed by atoms with Gasteiger partial charge in [0.15, 0.2) is 0 Å². The fraction of sp³-hybridized carbons (Fsp3) is 0.700. The number of hydrogen-bond donors (Lipinski definition) is 3. The maximum atomic E-state index is 11.6. The third-order valence-corrected chi connectivity index (χ3v) is 2.82. The number of amides is 2. The van der Waals surface area contributed by atoms with Crippen molar-refractivity contribution in [2.24, 2.45) is 5.92 Å². The summed E-state index contributed by atoms with van der Waals surface area (Å²) in [5.74, 6) is -2.06. The van der Waals surface area contributed by atoms with E-state index in [2.05, 4.69) is 10.6 Å². The van der Waals surface area contributed by atoms with Gasteiger partial charge in [-0.2, -0.15) is 0 Å². The molecule has 6 nitrogen and oxygen atoms in total. The zero-order valence-corrected chi connectivity index (χ0v) is 9.32. The smallest absolute Gasteiger partial charge is 0.308 e. The monoisotopic (exact) mass is 228 g/mol. The minimum atomic E-state index is -0.955. The number of carbonyl (C=O) groups excluding carboxylic acids is 2. The summed E-state index contributed by atoms with van der Waals surface area (Å²) in [4.78, 5) is 33.2. The largest absolute Gasteiger partial charge is 0.481 e. The molecule has 0 aromatic rings. The second-order valence-electron chi connectivity index (χ2n) is 4.08. The highest BCUT2D eigenvalue weighted by Gasteiger charge is 2.29. The van der Waals surface area contributed by atoms with Crippen molar-refractivity contribution in [3.63, 3.8) is 0 Å². The molecule has 2 unspecified atom stereocenters. The van der Waals surface area contributed by atoms with Crippen molar-refractivity contribution >= 4 is 17.8 Å². The van der Waals surface area contributed by atoms with E-state index in [4.69, 9.17) is 5.11 Å². The Balaban J connectivity index is 2.45. The van der Waals surface area contributed by atoms with Gasteiger partial charge in [-0.15, -0.1) is 0 Å². The summed E-state index contributed by atoms with van der Waals surface area (Å²) in [6, 6.07) is -0.974. The number of aliphatic carboxylic acids is 1. The van der Waals surface area contributed by atoms with E-state index in [9.17, 15) is 14.4 Å². The van der Waals surface area contributed by atoms with Gasteiger partial charge in [-0.25, -0.2) is 0 Å². The second-order valence-corrected chi connectivity index (χ2v) is 4.08. The van der Waals surface area contributed by atoms with E-state index in [1.165, 1.54) is 6.92 Å². The second kappa shape index (κ2) is 4.96. The van der Waals surface area contributed by atoms with Gasteiger partial charge in [-0.3, -0.25) is 14.4 Å². The summed E-state index contributed by atoms with van der Waals surface area (Å²) in [5.41, 5.74) is 0. The van der Waals surface area contributed by atoms with Crippen molar-refractivity contribution in [1.82, 2.24) is 10.6 Å². The maximum absolute atomic E-state index is 11.6. The van der Waals surface area contributed by atoms with Crippen LogP contribution in [0.3, 0.4) is 0 Å². The first kappa shape index (κ1) is 12.5. The molecule has 0 aliphatic carbocycles. The molecular weight excluding hydrogens is 212 g/mol. The van der Waals surface area contributed by atoms with Crippen LogP contribution >= 0.6 is 0 Å². The van der Waals surface area contributed by atoms with E-state index in [-0.39, 0.29) is 11.8 Å². The van der Waals surface area contributed by atoms with Crippen molar-refractivity contribution in [1.29, 1.82) is 0 Å². The van der Waals surface area contributed by atoms with E-state index in [0.29, 0.717) is 12.8 Å². The number of carboxylic acid groups (broad SMARTS) is 1.